The molecule has 0 unspecified atom stereocenters. The third-order valence-electron chi connectivity index (χ3n) is 4.76. The summed E-state index contributed by atoms with van der Waals surface area (Å²) in [7, 11) is 0. The van der Waals surface area contributed by atoms with Gasteiger partial charge in [-0.15, -0.1) is 0 Å². The summed E-state index contributed by atoms with van der Waals surface area (Å²) in [4.78, 5) is 12.9. The van der Waals surface area contributed by atoms with Crippen LogP contribution in [0.15, 0.2) is 42.5 Å². The molecule has 2 aliphatic rings. The van der Waals surface area contributed by atoms with E-state index in [4.69, 9.17) is 14.6 Å². The number of para-hydroxylation sites is 1. The Kier molecular flexibility index (Phi) is 3.82. The highest BCUT2D eigenvalue weighted by atomic mass is 32.2. The van der Waals surface area contributed by atoms with E-state index < -0.39 is 0 Å². The van der Waals surface area contributed by atoms with Crippen LogP contribution in [0.2, 0.25) is 0 Å². The van der Waals surface area contributed by atoms with Gasteiger partial charge in [0.15, 0.2) is 11.5 Å². The zero-order chi connectivity index (χ0) is 18.4. The van der Waals surface area contributed by atoms with Crippen molar-refractivity contribution in [2.75, 3.05) is 12.1 Å². The van der Waals surface area contributed by atoms with Crippen molar-refractivity contribution in [2.24, 2.45) is 0 Å². The van der Waals surface area contributed by atoms with Crippen molar-refractivity contribution in [2.45, 2.75) is 18.4 Å². The van der Waals surface area contributed by atoms with Crippen molar-refractivity contribution in [3.05, 3.63) is 64.8 Å². The monoisotopic (exact) mass is 379 g/mol. The molecule has 3 heterocycles. The van der Waals surface area contributed by atoms with Crippen LogP contribution in [0.3, 0.4) is 0 Å². The summed E-state index contributed by atoms with van der Waals surface area (Å²) in [6.45, 7) is 2.23. The number of thioether (sulfide) groups is 1. The van der Waals surface area contributed by atoms with Crippen LogP contribution in [-0.4, -0.2) is 22.5 Å². The fraction of sp³-hybridized carbons (Fsp3) is 0.200. The van der Waals surface area contributed by atoms with Crippen molar-refractivity contribution < 1.29 is 14.3 Å². The number of amides is 1. The second-order valence-electron chi connectivity index (χ2n) is 6.49. The van der Waals surface area contributed by atoms with Crippen LogP contribution >= 0.6 is 11.8 Å². The van der Waals surface area contributed by atoms with E-state index in [1.54, 1.807) is 18.2 Å². The summed E-state index contributed by atoms with van der Waals surface area (Å²) in [6.07, 6.45) is 0. The summed E-state index contributed by atoms with van der Waals surface area (Å²) in [5.74, 6) is 3.51. The molecule has 5 rings (SSSR count). The molecule has 6 nitrogen and oxygen atoms in total. The van der Waals surface area contributed by atoms with E-state index in [0.29, 0.717) is 17.1 Å². The van der Waals surface area contributed by atoms with Gasteiger partial charge in [-0.1, -0.05) is 18.2 Å². The van der Waals surface area contributed by atoms with E-state index in [1.807, 2.05) is 47.6 Å². The van der Waals surface area contributed by atoms with Gasteiger partial charge in [0.2, 0.25) is 6.79 Å². The summed E-state index contributed by atoms with van der Waals surface area (Å²) in [5.41, 5.74) is 4.72. The van der Waals surface area contributed by atoms with Crippen molar-refractivity contribution in [3.8, 4) is 17.2 Å². The second-order valence-corrected chi connectivity index (χ2v) is 7.47. The molecule has 0 bridgehead atoms. The molecule has 0 radical (unpaired) electrons. The highest BCUT2D eigenvalue weighted by Crippen LogP contribution is 2.37. The van der Waals surface area contributed by atoms with Gasteiger partial charge in [0.05, 0.1) is 11.4 Å². The van der Waals surface area contributed by atoms with Gasteiger partial charge in [0, 0.05) is 22.6 Å². The van der Waals surface area contributed by atoms with E-state index in [9.17, 15) is 4.79 Å². The molecule has 136 valence electrons. The highest BCUT2D eigenvalue weighted by Gasteiger charge is 2.26. The Morgan fingerprint density at radius 1 is 1.15 bits per heavy atom. The first-order valence-electron chi connectivity index (χ1n) is 8.66. The van der Waals surface area contributed by atoms with Crippen LogP contribution < -0.4 is 14.8 Å². The van der Waals surface area contributed by atoms with Gasteiger partial charge in [0.25, 0.3) is 5.91 Å². The van der Waals surface area contributed by atoms with Crippen LogP contribution in [0.4, 0.5) is 5.82 Å². The summed E-state index contributed by atoms with van der Waals surface area (Å²) >= 11 is 1.81. The standard InChI is InChI=1S/C20H17N3O3S/c1-12-4-2-3-5-16(12)23-19(14-9-27-10-15(14)22-23)21-20(24)13-6-7-17-18(8-13)26-11-25-17/h2-8H,9-11H2,1H3,(H,21,24). The number of hydrogen-bond donors (Lipinski definition) is 1. The Balaban J connectivity index is 1.53. The predicted octanol–water partition coefficient (Wildman–Crippen LogP) is 3.91. The Morgan fingerprint density at radius 3 is 2.89 bits per heavy atom. The fourth-order valence-electron chi connectivity index (χ4n) is 3.33. The lowest BCUT2D eigenvalue weighted by Gasteiger charge is -2.13. The molecule has 7 heteroatoms. The molecule has 1 N–H and O–H groups in total. The molecular formula is C20H17N3O3S. The molecule has 3 aromatic rings. The van der Waals surface area contributed by atoms with E-state index in [1.165, 1.54) is 0 Å². The smallest absolute Gasteiger partial charge is 0.256 e. The van der Waals surface area contributed by atoms with Crippen LogP contribution in [0.25, 0.3) is 5.69 Å². The third kappa shape index (κ3) is 2.75. The number of nitrogens with zero attached hydrogens (tertiary/aromatic N) is 2. The molecule has 1 aromatic heterocycles. The maximum Gasteiger partial charge on any atom is 0.256 e. The normalized spacial score (nSPS) is 14.3. The Morgan fingerprint density at radius 2 is 2.00 bits per heavy atom. The van der Waals surface area contributed by atoms with Gasteiger partial charge in [0.1, 0.15) is 5.82 Å². The quantitative estimate of drug-likeness (QED) is 0.747. The van der Waals surface area contributed by atoms with Gasteiger partial charge >= 0.3 is 0 Å². The Bertz CT molecular complexity index is 1060. The first-order chi connectivity index (χ1) is 13.2. The fourth-order valence-corrected chi connectivity index (χ4v) is 4.37. The molecule has 27 heavy (non-hydrogen) atoms. The van der Waals surface area contributed by atoms with E-state index >= 15 is 0 Å². The molecule has 2 aliphatic heterocycles. The number of benzene rings is 2. The lowest BCUT2D eigenvalue weighted by molar-refractivity contribution is 0.102. The van der Waals surface area contributed by atoms with Crippen molar-refractivity contribution in [1.29, 1.82) is 0 Å². The van der Waals surface area contributed by atoms with Gasteiger partial charge in [-0.25, -0.2) is 4.68 Å². The minimum atomic E-state index is -0.192. The topological polar surface area (TPSA) is 65.4 Å². The van der Waals surface area contributed by atoms with Gasteiger partial charge < -0.3 is 14.8 Å². The van der Waals surface area contributed by atoms with Crippen molar-refractivity contribution >= 4 is 23.5 Å². The van der Waals surface area contributed by atoms with E-state index in [2.05, 4.69) is 5.32 Å². The maximum absolute atomic E-state index is 12.9. The number of carbonyl (C=O) groups is 1. The number of anilines is 1. The zero-order valence-corrected chi connectivity index (χ0v) is 15.5. The zero-order valence-electron chi connectivity index (χ0n) is 14.7. The molecule has 0 saturated carbocycles. The predicted molar refractivity (Wildman–Crippen MR) is 104 cm³/mol. The average Bonchev–Trinajstić information content (AvgIpc) is 3.38. The molecule has 0 fully saturated rings. The Hall–Kier alpha value is -2.93. The average molecular weight is 379 g/mol. The number of ether oxygens (including phenoxy) is 2. The van der Waals surface area contributed by atoms with Gasteiger partial charge in [-0.2, -0.15) is 16.9 Å². The summed E-state index contributed by atoms with van der Waals surface area (Å²) in [5, 5.41) is 7.84. The number of rotatable bonds is 3. The largest absolute Gasteiger partial charge is 0.454 e. The van der Waals surface area contributed by atoms with E-state index in [-0.39, 0.29) is 12.7 Å². The SMILES string of the molecule is Cc1ccccc1-n1nc2c(c1NC(=O)c1ccc3c(c1)OCO3)CSC2. The molecule has 0 saturated heterocycles. The highest BCUT2D eigenvalue weighted by molar-refractivity contribution is 7.98. The number of carbonyl (C=O) groups excluding carboxylic acids is 1. The number of fused-ring (bicyclic) bond motifs is 2. The molecular weight excluding hydrogens is 362 g/mol. The van der Waals surface area contributed by atoms with E-state index in [0.717, 1.165) is 39.8 Å². The minimum absolute atomic E-state index is 0.186. The van der Waals surface area contributed by atoms with Gasteiger partial charge in [-0.05, 0) is 36.8 Å². The lowest BCUT2D eigenvalue weighted by Crippen LogP contribution is -2.16. The van der Waals surface area contributed by atoms with Crippen LogP contribution in [-0.2, 0) is 11.5 Å². The molecule has 2 aromatic carbocycles. The van der Waals surface area contributed by atoms with Crippen LogP contribution in [0.5, 0.6) is 11.5 Å². The Labute approximate surface area is 160 Å². The van der Waals surface area contributed by atoms with Crippen molar-refractivity contribution in [1.82, 2.24) is 9.78 Å². The molecule has 0 aliphatic carbocycles. The van der Waals surface area contributed by atoms with Crippen LogP contribution in [0.1, 0.15) is 27.2 Å². The first kappa shape index (κ1) is 16.3. The third-order valence-corrected chi connectivity index (χ3v) is 5.73. The number of nitrogens with one attached hydrogen (secondary N) is 1. The summed E-state index contributed by atoms with van der Waals surface area (Å²) < 4.78 is 12.6. The first-order valence-corrected chi connectivity index (χ1v) is 9.82. The lowest BCUT2D eigenvalue weighted by atomic mass is 10.1. The van der Waals surface area contributed by atoms with Crippen LogP contribution in [0, 0.1) is 6.92 Å². The number of aryl methyl sites for hydroxylation is 1. The van der Waals surface area contributed by atoms with Gasteiger partial charge in [-0.3, -0.25) is 4.79 Å². The van der Waals surface area contributed by atoms with Crippen molar-refractivity contribution in [3.63, 3.8) is 0 Å². The molecule has 0 atom stereocenters. The number of hydrogen-bond acceptors (Lipinski definition) is 5. The maximum atomic E-state index is 12.9. The second kappa shape index (κ2) is 6.35. The molecule has 1 amide bonds. The minimum Gasteiger partial charge on any atom is -0.454 e. The molecule has 0 spiro atoms. The summed E-state index contributed by atoms with van der Waals surface area (Å²) in [6, 6.07) is 13.2. The number of aromatic nitrogens is 2.